The first-order chi connectivity index (χ1) is 8.58. The second-order valence-corrected chi connectivity index (χ2v) is 3.65. The number of aromatic nitrogens is 2. The first kappa shape index (κ1) is 13.7. The molecule has 0 radical (unpaired) electrons. The van der Waals surface area contributed by atoms with Gasteiger partial charge in [0, 0.05) is 6.07 Å². The fourth-order valence-electron chi connectivity index (χ4n) is 1.36. The van der Waals surface area contributed by atoms with Gasteiger partial charge in [0.1, 0.15) is 5.69 Å². The molecule has 0 fully saturated rings. The van der Waals surface area contributed by atoms with E-state index in [0.29, 0.717) is 6.42 Å². The molecule has 8 nitrogen and oxygen atoms in total. The lowest BCUT2D eigenvalue weighted by molar-refractivity contribution is 0.0938. The number of nitrogens with zero attached hydrogens (tertiary/aromatic N) is 2. The van der Waals surface area contributed by atoms with E-state index in [1.807, 2.05) is 6.92 Å². The molecule has 1 rings (SSSR count). The van der Waals surface area contributed by atoms with Gasteiger partial charge in [-0.1, -0.05) is 18.5 Å². The number of hydrogen-bond donors (Lipinski definition) is 4. The number of nitrogens with one attached hydrogen (secondary N) is 2. The highest BCUT2D eigenvalue weighted by Gasteiger charge is 2.17. The van der Waals surface area contributed by atoms with E-state index in [9.17, 15) is 9.59 Å². The molecule has 8 heteroatoms. The number of oxime groups is 1. The molecule has 0 aliphatic rings. The van der Waals surface area contributed by atoms with Crippen LogP contribution >= 0.6 is 0 Å². The Bertz CT molecular complexity index is 476. The van der Waals surface area contributed by atoms with E-state index >= 15 is 0 Å². The van der Waals surface area contributed by atoms with Crippen LogP contribution in [0.5, 0.6) is 0 Å². The Morgan fingerprint density at radius 3 is 2.89 bits per heavy atom. The van der Waals surface area contributed by atoms with Crippen molar-refractivity contribution in [1.29, 1.82) is 0 Å². The van der Waals surface area contributed by atoms with E-state index in [1.165, 1.54) is 12.1 Å². The Hall–Kier alpha value is -2.38. The highest BCUT2D eigenvalue weighted by atomic mass is 16.4. The van der Waals surface area contributed by atoms with Crippen molar-refractivity contribution >= 4 is 11.7 Å². The second-order valence-electron chi connectivity index (χ2n) is 3.65. The summed E-state index contributed by atoms with van der Waals surface area (Å²) in [5.74, 6) is -0.578. The van der Waals surface area contributed by atoms with Gasteiger partial charge in [0.25, 0.3) is 11.5 Å². The first-order valence-corrected chi connectivity index (χ1v) is 5.42. The van der Waals surface area contributed by atoms with E-state index in [-0.39, 0.29) is 11.5 Å². The van der Waals surface area contributed by atoms with Crippen LogP contribution in [0.25, 0.3) is 0 Å². The standard InChI is InChI=1S/C10H15N5O3/c1-2-3-6(9(11)15-18)12-10(17)7-4-5-8(16)14-13-7/h4-6,18H,2-3H2,1H3,(H2,11,15)(H,12,17)(H,14,16). The molecular formula is C10H15N5O3. The Morgan fingerprint density at radius 2 is 2.39 bits per heavy atom. The summed E-state index contributed by atoms with van der Waals surface area (Å²) in [6.45, 7) is 1.90. The number of nitrogens with two attached hydrogens (primary N) is 1. The normalized spacial score (nSPS) is 13.1. The number of hydrogen-bond acceptors (Lipinski definition) is 5. The first-order valence-electron chi connectivity index (χ1n) is 5.42. The number of rotatable bonds is 5. The summed E-state index contributed by atoms with van der Waals surface area (Å²) in [5.41, 5.74) is 5.12. The third-order valence-electron chi connectivity index (χ3n) is 2.27. The number of H-pyrrole nitrogens is 1. The Morgan fingerprint density at radius 1 is 1.67 bits per heavy atom. The lowest BCUT2D eigenvalue weighted by atomic mass is 10.1. The molecule has 0 saturated carbocycles. The van der Waals surface area contributed by atoms with Crippen LogP contribution in [0.2, 0.25) is 0 Å². The quantitative estimate of drug-likeness (QED) is 0.241. The molecule has 1 atom stereocenters. The summed E-state index contributed by atoms with van der Waals surface area (Å²) in [6.07, 6.45) is 1.28. The maximum Gasteiger partial charge on any atom is 0.272 e. The van der Waals surface area contributed by atoms with Gasteiger partial charge in [0.05, 0.1) is 6.04 Å². The maximum atomic E-state index is 11.8. The fourth-order valence-corrected chi connectivity index (χ4v) is 1.36. The molecule has 1 aromatic rings. The molecular weight excluding hydrogens is 238 g/mol. The zero-order valence-corrected chi connectivity index (χ0v) is 9.88. The summed E-state index contributed by atoms with van der Waals surface area (Å²) in [5, 5.41) is 19.8. The molecule has 1 heterocycles. The number of amides is 1. The van der Waals surface area contributed by atoms with Gasteiger partial charge in [-0.05, 0) is 12.5 Å². The van der Waals surface area contributed by atoms with Gasteiger partial charge in [-0.15, -0.1) is 0 Å². The van der Waals surface area contributed by atoms with Crippen LogP contribution in [0.3, 0.4) is 0 Å². The van der Waals surface area contributed by atoms with E-state index in [0.717, 1.165) is 6.42 Å². The van der Waals surface area contributed by atoms with Crippen molar-refractivity contribution in [3.8, 4) is 0 Å². The van der Waals surface area contributed by atoms with Crippen molar-refractivity contribution in [2.45, 2.75) is 25.8 Å². The van der Waals surface area contributed by atoms with Crippen LogP contribution in [0.4, 0.5) is 0 Å². The van der Waals surface area contributed by atoms with Crippen LogP contribution in [0.15, 0.2) is 22.1 Å². The average Bonchev–Trinajstić information content (AvgIpc) is 2.38. The molecule has 0 aliphatic heterocycles. The van der Waals surface area contributed by atoms with Gasteiger partial charge in [0.15, 0.2) is 5.84 Å². The summed E-state index contributed by atoms with van der Waals surface area (Å²) in [7, 11) is 0. The zero-order valence-electron chi connectivity index (χ0n) is 9.88. The van der Waals surface area contributed by atoms with Crippen molar-refractivity contribution in [3.63, 3.8) is 0 Å². The third-order valence-corrected chi connectivity index (χ3v) is 2.27. The van der Waals surface area contributed by atoms with Gasteiger partial charge in [-0.25, -0.2) is 5.10 Å². The summed E-state index contributed by atoms with van der Waals surface area (Å²) >= 11 is 0. The van der Waals surface area contributed by atoms with Crippen molar-refractivity contribution in [2.75, 3.05) is 0 Å². The SMILES string of the molecule is CCCC(NC(=O)c1ccc(=O)[nH]n1)/C(N)=N/O. The van der Waals surface area contributed by atoms with Gasteiger partial charge >= 0.3 is 0 Å². The van der Waals surface area contributed by atoms with E-state index in [4.69, 9.17) is 10.9 Å². The van der Waals surface area contributed by atoms with E-state index in [2.05, 4.69) is 20.7 Å². The molecule has 0 bridgehead atoms. The van der Waals surface area contributed by atoms with Gasteiger partial charge < -0.3 is 16.3 Å². The predicted octanol–water partition coefficient (Wildman–Crippen LogP) is -0.585. The second kappa shape index (κ2) is 6.38. The minimum absolute atomic E-state index is 0.0569. The molecule has 0 saturated heterocycles. The van der Waals surface area contributed by atoms with Crippen LogP contribution < -0.4 is 16.6 Å². The van der Waals surface area contributed by atoms with Gasteiger partial charge in [0.2, 0.25) is 0 Å². The Balaban J connectivity index is 2.78. The minimum Gasteiger partial charge on any atom is -0.409 e. The highest BCUT2D eigenvalue weighted by molar-refractivity contribution is 5.96. The molecule has 5 N–H and O–H groups in total. The average molecular weight is 253 g/mol. The number of amidine groups is 1. The van der Waals surface area contributed by atoms with Crippen molar-refractivity contribution in [1.82, 2.24) is 15.5 Å². The molecule has 1 aromatic heterocycles. The largest absolute Gasteiger partial charge is 0.409 e. The maximum absolute atomic E-state index is 11.8. The van der Waals surface area contributed by atoms with E-state index < -0.39 is 17.5 Å². The molecule has 1 unspecified atom stereocenters. The predicted molar refractivity (Wildman–Crippen MR) is 64.4 cm³/mol. The minimum atomic E-state index is -0.568. The number of carbonyl (C=O) groups is 1. The number of carbonyl (C=O) groups excluding carboxylic acids is 1. The summed E-state index contributed by atoms with van der Waals surface area (Å²) in [4.78, 5) is 22.6. The topological polar surface area (TPSA) is 133 Å². The lowest BCUT2D eigenvalue weighted by Gasteiger charge is -2.15. The van der Waals surface area contributed by atoms with Crippen molar-refractivity contribution in [3.05, 3.63) is 28.2 Å². The van der Waals surface area contributed by atoms with Crippen molar-refractivity contribution in [2.24, 2.45) is 10.9 Å². The molecule has 0 spiro atoms. The van der Waals surface area contributed by atoms with Gasteiger partial charge in [-0.3, -0.25) is 9.59 Å². The summed E-state index contributed by atoms with van der Waals surface area (Å²) < 4.78 is 0. The van der Waals surface area contributed by atoms with E-state index in [1.54, 1.807) is 0 Å². The Kier molecular flexibility index (Phi) is 4.85. The zero-order chi connectivity index (χ0) is 13.5. The Labute approximate surface area is 103 Å². The van der Waals surface area contributed by atoms with Crippen LogP contribution in [-0.2, 0) is 0 Å². The summed E-state index contributed by atoms with van der Waals surface area (Å²) in [6, 6.07) is 1.92. The molecule has 0 aliphatic carbocycles. The highest BCUT2D eigenvalue weighted by Crippen LogP contribution is 1.99. The molecule has 98 valence electrons. The molecule has 0 aromatic carbocycles. The van der Waals surface area contributed by atoms with Crippen molar-refractivity contribution < 1.29 is 10.0 Å². The molecule has 18 heavy (non-hydrogen) atoms. The third kappa shape index (κ3) is 3.58. The fraction of sp³-hybridized carbons (Fsp3) is 0.400. The van der Waals surface area contributed by atoms with Crippen LogP contribution in [0.1, 0.15) is 30.3 Å². The smallest absolute Gasteiger partial charge is 0.272 e. The van der Waals surface area contributed by atoms with Gasteiger partial charge in [-0.2, -0.15) is 5.10 Å². The lowest BCUT2D eigenvalue weighted by Crippen LogP contribution is -2.44. The molecule has 1 amide bonds. The number of aromatic amines is 1. The van der Waals surface area contributed by atoms with Crippen LogP contribution in [0, 0.1) is 0 Å². The monoisotopic (exact) mass is 253 g/mol. The van der Waals surface area contributed by atoms with Crippen LogP contribution in [-0.4, -0.2) is 33.2 Å².